The van der Waals surface area contributed by atoms with Gasteiger partial charge in [-0.15, -0.1) is 0 Å². The van der Waals surface area contributed by atoms with Gasteiger partial charge in [-0.1, -0.05) is 15.9 Å². The van der Waals surface area contributed by atoms with Crippen molar-refractivity contribution in [3.8, 4) is 0 Å². The average Bonchev–Trinajstić information content (AvgIpc) is 2.24. The molecule has 1 aliphatic heterocycles. The Bertz CT molecular complexity index is 526. The second-order valence-electron chi connectivity index (χ2n) is 3.90. The first-order valence-corrected chi connectivity index (χ1v) is 7.20. The summed E-state index contributed by atoms with van der Waals surface area (Å²) >= 11 is 3.22. The van der Waals surface area contributed by atoms with Gasteiger partial charge in [0.05, 0.1) is 17.3 Å². The largest absolute Gasteiger partial charge is 0.393 e. The van der Waals surface area contributed by atoms with Crippen LogP contribution in [0.25, 0.3) is 0 Å². The number of hydrogen-bond acceptors (Lipinski definition) is 4. The van der Waals surface area contributed by atoms with Gasteiger partial charge in [0, 0.05) is 10.0 Å². The number of aliphatic hydroxyl groups is 2. The molecular formula is C10H11BrO4S. The first kappa shape index (κ1) is 12.0. The highest BCUT2D eigenvalue weighted by molar-refractivity contribution is 9.10. The van der Waals surface area contributed by atoms with Crippen LogP contribution in [0, 0.1) is 0 Å². The van der Waals surface area contributed by atoms with Crippen molar-refractivity contribution in [2.24, 2.45) is 0 Å². The average molecular weight is 307 g/mol. The standard InChI is InChI=1S/C10H11BrO4S/c11-7-1-2-9-8(5-7)10(13,6-12)3-4-16(9,14)15/h1-2,5,12-13H,3-4,6H2/t10-/m0/s1. The number of fused-ring (bicyclic) bond motifs is 1. The fraction of sp³-hybridized carbons (Fsp3) is 0.400. The molecule has 0 aromatic heterocycles. The Morgan fingerprint density at radius 3 is 2.75 bits per heavy atom. The lowest BCUT2D eigenvalue weighted by Gasteiger charge is -2.32. The number of hydrogen-bond donors (Lipinski definition) is 2. The quantitative estimate of drug-likeness (QED) is 0.805. The summed E-state index contributed by atoms with van der Waals surface area (Å²) in [6.45, 7) is -0.480. The molecule has 1 heterocycles. The van der Waals surface area contributed by atoms with Gasteiger partial charge < -0.3 is 10.2 Å². The molecule has 88 valence electrons. The molecule has 0 spiro atoms. The Morgan fingerprint density at radius 1 is 1.44 bits per heavy atom. The van der Waals surface area contributed by atoms with Crippen molar-refractivity contribution < 1.29 is 18.6 Å². The van der Waals surface area contributed by atoms with Crippen LogP contribution in [0.2, 0.25) is 0 Å². The van der Waals surface area contributed by atoms with Gasteiger partial charge in [-0.05, 0) is 24.6 Å². The monoisotopic (exact) mass is 306 g/mol. The minimum Gasteiger partial charge on any atom is -0.393 e. The molecule has 0 amide bonds. The third-order valence-corrected chi connectivity index (χ3v) is 5.08. The maximum Gasteiger partial charge on any atom is 0.178 e. The van der Waals surface area contributed by atoms with Crippen LogP contribution in [0.15, 0.2) is 27.6 Å². The van der Waals surface area contributed by atoms with E-state index in [0.717, 1.165) is 0 Å². The van der Waals surface area contributed by atoms with E-state index in [1.165, 1.54) is 6.07 Å². The van der Waals surface area contributed by atoms with Crippen LogP contribution in [-0.2, 0) is 15.4 Å². The van der Waals surface area contributed by atoms with Gasteiger partial charge >= 0.3 is 0 Å². The van der Waals surface area contributed by atoms with E-state index in [2.05, 4.69) is 15.9 Å². The van der Waals surface area contributed by atoms with E-state index in [1.54, 1.807) is 12.1 Å². The van der Waals surface area contributed by atoms with Crippen LogP contribution >= 0.6 is 15.9 Å². The summed E-state index contributed by atoms with van der Waals surface area (Å²) in [7, 11) is -3.33. The van der Waals surface area contributed by atoms with E-state index >= 15 is 0 Å². The highest BCUT2D eigenvalue weighted by atomic mass is 79.9. The molecule has 1 aliphatic rings. The van der Waals surface area contributed by atoms with Gasteiger partial charge in [-0.2, -0.15) is 0 Å². The number of rotatable bonds is 1. The Hall–Kier alpha value is -0.430. The molecule has 1 aromatic rings. The number of halogens is 1. The van der Waals surface area contributed by atoms with E-state index in [9.17, 15) is 18.6 Å². The van der Waals surface area contributed by atoms with E-state index < -0.39 is 22.0 Å². The second kappa shape index (κ2) is 3.80. The summed E-state index contributed by atoms with van der Waals surface area (Å²) in [6, 6.07) is 4.61. The third-order valence-electron chi connectivity index (χ3n) is 2.82. The van der Waals surface area contributed by atoms with E-state index in [1.807, 2.05) is 0 Å². The third kappa shape index (κ3) is 1.79. The molecule has 0 aliphatic carbocycles. The minimum atomic E-state index is -3.33. The van der Waals surface area contributed by atoms with Crippen LogP contribution in [0.1, 0.15) is 12.0 Å². The fourth-order valence-electron chi connectivity index (χ4n) is 1.85. The van der Waals surface area contributed by atoms with Gasteiger partial charge in [0.1, 0.15) is 5.60 Å². The van der Waals surface area contributed by atoms with Crippen molar-refractivity contribution in [2.45, 2.75) is 16.9 Å². The molecule has 0 radical (unpaired) electrons. The van der Waals surface area contributed by atoms with Gasteiger partial charge in [-0.25, -0.2) is 8.42 Å². The predicted molar refractivity (Wildman–Crippen MR) is 61.8 cm³/mol. The zero-order valence-electron chi connectivity index (χ0n) is 8.35. The molecule has 0 bridgehead atoms. The summed E-state index contributed by atoms with van der Waals surface area (Å²) in [5, 5.41) is 19.4. The van der Waals surface area contributed by atoms with Crippen molar-refractivity contribution in [1.82, 2.24) is 0 Å². The smallest absolute Gasteiger partial charge is 0.178 e. The molecule has 0 unspecified atom stereocenters. The molecule has 0 saturated carbocycles. The maximum atomic E-state index is 11.8. The number of benzene rings is 1. The number of sulfone groups is 1. The van der Waals surface area contributed by atoms with Crippen molar-refractivity contribution in [2.75, 3.05) is 12.4 Å². The highest BCUT2D eigenvalue weighted by Crippen LogP contribution is 2.37. The van der Waals surface area contributed by atoms with Crippen molar-refractivity contribution >= 4 is 25.8 Å². The normalized spacial score (nSPS) is 27.4. The lowest BCUT2D eigenvalue weighted by molar-refractivity contribution is -0.0256. The lowest BCUT2D eigenvalue weighted by Crippen LogP contribution is -2.38. The zero-order chi connectivity index (χ0) is 12.0. The van der Waals surface area contributed by atoms with Crippen LogP contribution in [0.3, 0.4) is 0 Å². The summed E-state index contributed by atoms with van der Waals surface area (Å²) < 4.78 is 24.2. The van der Waals surface area contributed by atoms with E-state index in [-0.39, 0.29) is 22.6 Å². The Morgan fingerprint density at radius 2 is 2.12 bits per heavy atom. The summed E-state index contributed by atoms with van der Waals surface area (Å²) in [5.41, 5.74) is -1.18. The lowest BCUT2D eigenvalue weighted by atomic mass is 9.91. The van der Waals surface area contributed by atoms with E-state index in [4.69, 9.17) is 0 Å². The summed E-state index contributed by atoms with van der Waals surface area (Å²) in [4.78, 5) is 0.110. The molecule has 16 heavy (non-hydrogen) atoms. The molecule has 0 saturated heterocycles. The predicted octanol–water partition coefficient (Wildman–Crippen LogP) is 0.806. The molecule has 0 fully saturated rings. The molecule has 1 atom stereocenters. The van der Waals surface area contributed by atoms with Gasteiger partial charge in [0.15, 0.2) is 9.84 Å². The summed E-state index contributed by atoms with van der Waals surface area (Å²) in [6.07, 6.45) is 0.0231. The van der Waals surface area contributed by atoms with Crippen molar-refractivity contribution in [3.63, 3.8) is 0 Å². The van der Waals surface area contributed by atoms with Crippen LogP contribution in [-0.4, -0.2) is 31.0 Å². The van der Waals surface area contributed by atoms with Gasteiger partial charge in [0.25, 0.3) is 0 Å². The highest BCUT2D eigenvalue weighted by Gasteiger charge is 2.40. The molecule has 2 N–H and O–H groups in total. The SMILES string of the molecule is O=S1(=O)CC[C@](O)(CO)c2cc(Br)ccc21. The zero-order valence-corrected chi connectivity index (χ0v) is 10.8. The maximum absolute atomic E-state index is 11.8. The Balaban J connectivity index is 2.73. The Kier molecular flexibility index (Phi) is 2.86. The number of aliphatic hydroxyl groups excluding tert-OH is 1. The molecule has 6 heteroatoms. The van der Waals surface area contributed by atoms with Gasteiger partial charge in [0.2, 0.25) is 0 Å². The van der Waals surface area contributed by atoms with E-state index in [0.29, 0.717) is 4.47 Å². The molecule has 4 nitrogen and oxygen atoms in total. The first-order chi connectivity index (χ1) is 7.39. The minimum absolute atomic E-state index is 0.0231. The fourth-order valence-corrected chi connectivity index (χ4v) is 3.90. The second-order valence-corrected chi connectivity index (χ2v) is 6.89. The summed E-state index contributed by atoms with van der Waals surface area (Å²) in [5.74, 6) is -0.140. The Labute approximate surface area is 102 Å². The van der Waals surface area contributed by atoms with Crippen LogP contribution in [0.4, 0.5) is 0 Å². The molecule has 2 rings (SSSR count). The molecular weight excluding hydrogens is 296 g/mol. The topological polar surface area (TPSA) is 74.6 Å². The van der Waals surface area contributed by atoms with Crippen molar-refractivity contribution in [3.05, 3.63) is 28.2 Å². The van der Waals surface area contributed by atoms with Crippen LogP contribution in [0.5, 0.6) is 0 Å². The first-order valence-electron chi connectivity index (χ1n) is 4.75. The molecule has 1 aromatic carbocycles. The van der Waals surface area contributed by atoms with Crippen LogP contribution < -0.4 is 0 Å². The van der Waals surface area contributed by atoms with Crippen molar-refractivity contribution in [1.29, 1.82) is 0 Å². The van der Waals surface area contributed by atoms with Gasteiger partial charge in [-0.3, -0.25) is 0 Å².